The van der Waals surface area contributed by atoms with Crippen LogP contribution in [0, 0.1) is 0 Å². The van der Waals surface area contributed by atoms with Gasteiger partial charge in [-0.15, -0.1) is 5.10 Å². The summed E-state index contributed by atoms with van der Waals surface area (Å²) in [7, 11) is 0. The molecule has 34 heavy (non-hydrogen) atoms. The second-order valence-corrected chi connectivity index (χ2v) is 8.91. The molecule has 2 aromatic heterocycles. The van der Waals surface area contributed by atoms with E-state index in [4.69, 9.17) is 11.6 Å². The number of aromatic amines is 1. The van der Waals surface area contributed by atoms with Gasteiger partial charge in [-0.1, -0.05) is 65.3 Å². The number of nitrogens with one attached hydrogen (secondary N) is 2. The maximum Gasteiger partial charge on any atom is 0.258 e. The molecule has 1 aliphatic carbocycles. The van der Waals surface area contributed by atoms with Gasteiger partial charge in [0.05, 0.1) is 28.3 Å². The highest BCUT2D eigenvalue weighted by atomic mass is 35.5. The number of fused-ring (bicyclic) bond motifs is 1. The molecule has 0 saturated heterocycles. The summed E-state index contributed by atoms with van der Waals surface area (Å²) in [5.74, 6) is 0.608. The Morgan fingerprint density at radius 1 is 1.06 bits per heavy atom. The minimum Gasteiger partial charge on any atom is -0.305 e. The summed E-state index contributed by atoms with van der Waals surface area (Å²) in [4.78, 5) is 12.8. The van der Waals surface area contributed by atoms with Crippen molar-refractivity contribution in [2.24, 2.45) is 0 Å². The molecule has 3 aromatic carbocycles. The van der Waals surface area contributed by atoms with E-state index in [0.717, 1.165) is 40.7 Å². The minimum absolute atomic E-state index is 0.308. The van der Waals surface area contributed by atoms with Crippen LogP contribution in [0.3, 0.4) is 0 Å². The van der Waals surface area contributed by atoms with E-state index in [0.29, 0.717) is 28.9 Å². The molecule has 7 nitrogen and oxygen atoms in total. The topological polar surface area (TPSA) is 88.5 Å². The van der Waals surface area contributed by atoms with E-state index < -0.39 is 0 Å². The zero-order chi connectivity index (χ0) is 23.1. The van der Waals surface area contributed by atoms with Crippen molar-refractivity contribution in [1.82, 2.24) is 25.2 Å². The van der Waals surface area contributed by atoms with E-state index in [1.165, 1.54) is 5.56 Å². The van der Waals surface area contributed by atoms with Crippen LogP contribution in [0.4, 0.5) is 5.82 Å². The Morgan fingerprint density at radius 3 is 2.65 bits per heavy atom. The summed E-state index contributed by atoms with van der Waals surface area (Å²) in [5.41, 5.74) is 5.40. The second-order valence-electron chi connectivity index (χ2n) is 8.51. The van der Waals surface area contributed by atoms with Gasteiger partial charge in [0.25, 0.3) is 5.91 Å². The summed E-state index contributed by atoms with van der Waals surface area (Å²) in [5, 5.41) is 20.4. The van der Waals surface area contributed by atoms with Crippen molar-refractivity contribution < 1.29 is 4.79 Å². The quantitative estimate of drug-likeness (QED) is 0.337. The highest BCUT2D eigenvalue weighted by Crippen LogP contribution is 2.44. The molecule has 0 atom stereocenters. The van der Waals surface area contributed by atoms with Gasteiger partial charge in [0.2, 0.25) is 0 Å². The highest BCUT2D eigenvalue weighted by molar-refractivity contribution is 6.34. The average molecular weight is 469 g/mol. The normalized spacial score (nSPS) is 13.3. The fourth-order valence-electron chi connectivity index (χ4n) is 4.24. The molecule has 6 rings (SSSR count). The molecule has 0 aliphatic heterocycles. The molecular weight excluding hydrogens is 448 g/mol. The first-order valence-corrected chi connectivity index (χ1v) is 11.6. The fourth-order valence-corrected chi connectivity index (χ4v) is 4.46. The van der Waals surface area contributed by atoms with Gasteiger partial charge in [-0.3, -0.25) is 9.89 Å². The minimum atomic E-state index is -0.308. The van der Waals surface area contributed by atoms with Gasteiger partial charge in [-0.05, 0) is 42.7 Å². The van der Waals surface area contributed by atoms with Crippen LogP contribution in [0.25, 0.3) is 22.2 Å². The van der Waals surface area contributed by atoms with Crippen LogP contribution in [0.15, 0.2) is 72.8 Å². The van der Waals surface area contributed by atoms with Crippen molar-refractivity contribution in [3.05, 3.63) is 94.6 Å². The molecule has 168 valence electrons. The van der Waals surface area contributed by atoms with Crippen LogP contribution in [-0.2, 0) is 6.54 Å². The third kappa shape index (κ3) is 3.84. The predicted octanol–water partition coefficient (Wildman–Crippen LogP) is 5.65. The van der Waals surface area contributed by atoms with Crippen LogP contribution in [0.5, 0.6) is 0 Å². The summed E-state index contributed by atoms with van der Waals surface area (Å²) >= 11 is 6.19. The Morgan fingerprint density at radius 2 is 1.85 bits per heavy atom. The third-order valence-corrected chi connectivity index (χ3v) is 6.43. The predicted molar refractivity (Wildman–Crippen MR) is 132 cm³/mol. The molecule has 2 heterocycles. The number of H-pyrrole nitrogens is 1. The number of benzene rings is 3. The van der Waals surface area contributed by atoms with Gasteiger partial charge in [0.1, 0.15) is 5.69 Å². The number of carbonyl (C=O) groups excluding carboxylic acids is 1. The number of hydrogen-bond donors (Lipinski definition) is 2. The Kier molecular flexibility index (Phi) is 5.11. The van der Waals surface area contributed by atoms with Crippen molar-refractivity contribution in [1.29, 1.82) is 0 Å². The molecule has 2 N–H and O–H groups in total. The third-order valence-electron chi connectivity index (χ3n) is 6.10. The number of anilines is 1. The van der Waals surface area contributed by atoms with Crippen LogP contribution in [0.1, 0.15) is 40.4 Å². The lowest BCUT2D eigenvalue weighted by molar-refractivity contribution is 0.102. The molecule has 1 aliphatic rings. The molecule has 1 saturated carbocycles. The molecule has 0 bridgehead atoms. The maximum absolute atomic E-state index is 12.8. The Hall–Kier alpha value is -3.97. The number of nitrogens with zero attached hydrogens (tertiary/aromatic N) is 4. The van der Waals surface area contributed by atoms with Crippen molar-refractivity contribution in [3.8, 4) is 11.3 Å². The monoisotopic (exact) mass is 468 g/mol. The van der Waals surface area contributed by atoms with Crippen LogP contribution in [0.2, 0.25) is 5.02 Å². The number of aromatic nitrogens is 5. The first kappa shape index (κ1) is 20.6. The van der Waals surface area contributed by atoms with Gasteiger partial charge in [-0.25, -0.2) is 4.68 Å². The lowest BCUT2D eigenvalue weighted by atomic mass is 10.1. The van der Waals surface area contributed by atoms with Crippen molar-refractivity contribution in [2.75, 3.05) is 5.32 Å². The first-order chi connectivity index (χ1) is 16.7. The second kappa shape index (κ2) is 8.43. The molecule has 0 spiro atoms. The van der Waals surface area contributed by atoms with E-state index in [1.54, 1.807) is 24.3 Å². The zero-order valence-corrected chi connectivity index (χ0v) is 19.0. The van der Waals surface area contributed by atoms with Crippen LogP contribution >= 0.6 is 11.6 Å². The van der Waals surface area contributed by atoms with Crippen LogP contribution in [-0.4, -0.2) is 31.1 Å². The Labute approximate surface area is 200 Å². The molecule has 1 fully saturated rings. The molecule has 0 unspecified atom stereocenters. The maximum atomic E-state index is 12.8. The van der Waals surface area contributed by atoms with E-state index in [1.807, 2.05) is 41.1 Å². The summed E-state index contributed by atoms with van der Waals surface area (Å²) in [6.07, 6.45) is 2.28. The number of halogens is 1. The number of hydrogen-bond acceptors (Lipinski definition) is 4. The molecule has 0 radical (unpaired) electrons. The lowest BCUT2D eigenvalue weighted by Gasteiger charge is -2.08. The molecule has 5 aromatic rings. The molecular formula is C26H21ClN6O. The highest BCUT2D eigenvalue weighted by Gasteiger charge is 2.32. The van der Waals surface area contributed by atoms with Crippen molar-refractivity contribution >= 4 is 34.2 Å². The van der Waals surface area contributed by atoms with Crippen molar-refractivity contribution in [2.45, 2.75) is 25.3 Å². The van der Waals surface area contributed by atoms with Gasteiger partial charge in [-0.2, -0.15) is 5.10 Å². The van der Waals surface area contributed by atoms with Gasteiger partial charge in [0, 0.05) is 16.9 Å². The standard InChI is InChI=1S/C26H21ClN6O/c27-21-9-5-4-8-19(21)26(34)28-25-20-14-18(12-13-22(20)29-31-25)23-24(17-10-11-17)33(32-30-23)15-16-6-2-1-3-7-16/h1-9,12-14,17H,10-11,15H2,(H2,28,29,31,34). The SMILES string of the molecule is O=C(Nc1n[nH]c2ccc(-c3nnn(Cc4ccccc4)c3C3CC3)cc12)c1ccccc1Cl. The number of carbonyl (C=O) groups is 1. The average Bonchev–Trinajstić information content (AvgIpc) is 3.50. The fraction of sp³-hybridized carbons (Fsp3) is 0.154. The smallest absolute Gasteiger partial charge is 0.258 e. The van der Waals surface area contributed by atoms with E-state index >= 15 is 0 Å². The largest absolute Gasteiger partial charge is 0.305 e. The Bertz CT molecular complexity index is 1500. The zero-order valence-electron chi connectivity index (χ0n) is 18.2. The van der Waals surface area contributed by atoms with Gasteiger partial charge < -0.3 is 5.32 Å². The Balaban J connectivity index is 1.35. The molecule has 8 heteroatoms. The number of rotatable bonds is 6. The summed E-state index contributed by atoms with van der Waals surface area (Å²) in [6, 6.07) is 23.2. The van der Waals surface area contributed by atoms with E-state index in [9.17, 15) is 4.79 Å². The molecule has 1 amide bonds. The lowest BCUT2D eigenvalue weighted by Crippen LogP contribution is -2.12. The number of amides is 1. The van der Waals surface area contributed by atoms with Gasteiger partial charge >= 0.3 is 0 Å². The van der Waals surface area contributed by atoms with E-state index in [-0.39, 0.29) is 5.91 Å². The van der Waals surface area contributed by atoms with Gasteiger partial charge in [0.15, 0.2) is 5.82 Å². The van der Waals surface area contributed by atoms with Crippen molar-refractivity contribution in [3.63, 3.8) is 0 Å². The summed E-state index contributed by atoms with van der Waals surface area (Å²) < 4.78 is 2.02. The van der Waals surface area contributed by atoms with Crippen LogP contribution < -0.4 is 5.32 Å². The van der Waals surface area contributed by atoms with E-state index in [2.05, 4.69) is 38.0 Å². The first-order valence-electron chi connectivity index (χ1n) is 11.2. The summed E-state index contributed by atoms with van der Waals surface area (Å²) in [6.45, 7) is 0.687.